The van der Waals surface area contributed by atoms with E-state index in [-0.39, 0.29) is 36.9 Å². The number of ether oxygens (including phenoxy) is 2. The van der Waals surface area contributed by atoms with E-state index in [1.807, 2.05) is 86.8 Å². The fourth-order valence-corrected chi connectivity index (χ4v) is 6.02. The van der Waals surface area contributed by atoms with Gasteiger partial charge in [-0.15, -0.1) is 0 Å². The number of carbonyl (C=O) groups excluding carboxylic acids is 3. The molecule has 46 heavy (non-hydrogen) atoms. The van der Waals surface area contributed by atoms with Crippen LogP contribution in [0.1, 0.15) is 51.9 Å². The van der Waals surface area contributed by atoms with Gasteiger partial charge in [-0.3, -0.25) is 14.3 Å². The van der Waals surface area contributed by atoms with E-state index in [1.54, 1.807) is 20.7 Å². The summed E-state index contributed by atoms with van der Waals surface area (Å²) in [5.74, 6) is 0.739. The van der Waals surface area contributed by atoms with Crippen LogP contribution in [0.2, 0.25) is 0 Å². The average Bonchev–Trinajstić information content (AvgIpc) is 3.33. The number of para-hydroxylation sites is 2. The number of piperidine rings is 1. The Balaban J connectivity index is 0.974. The number of carbonyl (C=O) groups is 3. The summed E-state index contributed by atoms with van der Waals surface area (Å²) in [6.07, 6.45) is 3.80. The predicted octanol–water partition coefficient (Wildman–Crippen LogP) is 6.16. The first-order valence-corrected chi connectivity index (χ1v) is 15.8. The van der Waals surface area contributed by atoms with E-state index in [0.717, 1.165) is 52.3 Å². The Morgan fingerprint density at radius 2 is 1.72 bits per heavy atom. The molecule has 1 N–H and O–H groups in total. The summed E-state index contributed by atoms with van der Waals surface area (Å²) in [6, 6.07) is 23.0. The zero-order valence-electron chi connectivity index (χ0n) is 26.3. The highest BCUT2D eigenvalue weighted by Crippen LogP contribution is 2.36. The fraction of sp³-hybridized carbons (Fsp3) is 0.333. The molecule has 3 heterocycles. The highest BCUT2D eigenvalue weighted by molar-refractivity contribution is 6.08. The van der Waals surface area contributed by atoms with Crippen LogP contribution in [0.3, 0.4) is 0 Å². The van der Waals surface area contributed by atoms with Crippen molar-refractivity contribution in [2.45, 2.75) is 45.8 Å². The minimum absolute atomic E-state index is 0.101. The summed E-state index contributed by atoms with van der Waals surface area (Å²) in [5, 5.41) is 7.79. The van der Waals surface area contributed by atoms with Crippen LogP contribution in [0.4, 0.5) is 22.0 Å². The van der Waals surface area contributed by atoms with Gasteiger partial charge in [-0.2, -0.15) is 5.10 Å². The quantitative estimate of drug-likeness (QED) is 0.235. The van der Waals surface area contributed by atoms with Gasteiger partial charge in [-0.1, -0.05) is 48.5 Å². The lowest BCUT2D eigenvalue weighted by atomic mass is 9.98. The van der Waals surface area contributed by atoms with Crippen molar-refractivity contribution < 1.29 is 23.9 Å². The normalized spacial score (nSPS) is 14.5. The molecule has 10 nitrogen and oxygen atoms in total. The number of amides is 2. The minimum atomic E-state index is -0.307. The number of fused-ring (bicyclic) bond motifs is 2. The lowest BCUT2D eigenvalue weighted by Gasteiger charge is -2.31. The molecule has 6 rings (SSSR count). The zero-order valence-corrected chi connectivity index (χ0v) is 26.3. The summed E-state index contributed by atoms with van der Waals surface area (Å²) < 4.78 is 12.8. The van der Waals surface area contributed by atoms with Crippen LogP contribution in [-0.4, -0.2) is 52.3 Å². The summed E-state index contributed by atoms with van der Waals surface area (Å²) in [7, 11) is 1.88. The van der Waals surface area contributed by atoms with Gasteiger partial charge in [0.2, 0.25) is 0 Å². The summed E-state index contributed by atoms with van der Waals surface area (Å²) in [6.45, 7) is 4.14. The second kappa shape index (κ2) is 13.9. The maximum Gasteiger partial charge on any atom is 0.410 e. The van der Waals surface area contributed by atoms with Crippen molar-refractivity contribution in [2.24, 2.45) is 13.0 Å². The molecule has 10 heteroatoms. The minimum Gasteiger partial charge on any atom is -0.465 e. The number of aryl methyl sites for hydroxylation is 3. The van der Waals surface area contributed by atoms with Gasteiger partial charge in [0.05, 0.1) is 30.7 Å². The van der Waals surface area contributed by atoms with E-state index in [2.05, 4.69) is 10.4 Å². The van der Waals surface area contributed by atoms with E-state index in [1.165, 1.54) is 0 Å². The van der Waals surface area contributed by atoms with Crippen molar-refractivity contribution >= 4 is 35.2 Å². The molecule has 2 aliphatic rings. The number of hydrogen-bond donors (Lipinski definition) is 1. The second-order valence-corrected chi connectivity index (χ2v) is 12.0. The molecule has 4 aromatic rings. The van der Waals surface area contributed by atoms with Gasteiger partial charge < -0.3 is 24.6 Å². The van der Waals surface area contributed by atoms with Crippen molar-refractivity contribution in [1.29, 1.82) is 0 Å². The first-order chi connectivity index (χ1) is 22.4. The topological polar surface area (TPSA) is 106 Å². The molecular weight excluding hydrogens is 582 g/mol. The van der Waals surface area contributed by atoms with Crippen molar-refractivity contribution in [3.05, 3.63) is 107 Å². The van der Waals surface area contributed by atoms with E-state index in [9.17, 15) is 14.4 Å². The van der Waals surface area contributed by atoms with Crippen LogP contribution in [0, 0.1) is 12.8 Å². The van der Waals surface area contributed by atoms with Gasteiger partial charge >= 0.3 is 12.1 Å². The number of nitrogens with zero attached hydrogens (tertiary/aromatic N) is 4. The molecule has 0 unspecified atom stereocenters. The molecule has 0 radical (unpaired) electrons. The number of esters is 1. The van der Waals surface area contributed by atoms with Crippen molar-refractivity contribution in [1.82, 2.24) is 14.7 Å². The Morgan fingerprint density at radius 3 is 2.50 bits per heavy atom. The number of nitrogens with one attached hydrogen (secondary N) is 1. The van der Waals surface area contributed by atoms with Crippen LogP contribution in [-0.2, 0) is 40.9 Å². The average molecular weight is 622 g/mol. The molecule has 0 spiro atoms. The maximum absolute atomic E-state index is 13.8. The largest absolute Gasteiger partial charge is 0.465 e. The molecule has 238 valence electrons. The molecule has 0 bridgehead atoms. The molecule has 1 aromatic heterocycles. The predicted molar refractivity (Wildman–Crippen MR) is 175 cm³/mol. The standard InChI is InChI=1S/C36H39N5O5/c1-25-20-29(35(43)41-22-30-21-37-39(2)34(30)38-31-10-6-7-11-32(31)41)13-12-28(25)14-15-33(42)45-23-27-16-18-40(19-17-27)36(44)46-24-26-8-4-3-5-9-26/h3-13,20-21,27,38H,14-19,22-24H2,1-2H3. The van der Waals surface area contributed by atoms with E-state index >= 15 is 0 Å². The first-order valence-electron chi connectivity index (χ1n) is 15.8. The van der Waals surface area contributed by atoms with Crippen molar-refractivity contribution in [3.63, 3.8) is 0 Å². The molecule has 1 fully saturated rings. The highest BCUT2D eigenvalue weighted by Gasteiger charge is 2.27. The van der Waals surface area contributed by atoms with Crippen LogP contribution >= 0.6 is 0 Å². The van der Waals surface area contributed by atoms with Crippen molar-refractivity contribution in [2.75, 3.05) is 29.9 Å². The molecule has 0 aliphatic carbocycles. The Labute approximate surface area is 268 Å². The van der Waals surface area contributed by atoms with Crippen molar-refractivity contribution in [3.8, 4) is 0 Å². The third kappa shape index (κ3) is 7.06. The molecule has 2 amide bonds. The Bertz CT molecular complexity index is 1710. The summed E-state index contributed by atoms with van der Waals surface area (Å²) >= 11 is 0. The lowest BCUT2D eigenvalue weighted by Crippen LogP contribution is -2.39. The summed E-state index contributed by atoms with van der Waals surface area (Å²) in [4.78, 5) is 42.4. The van der Waals surface area contributed by atoms with E-state index in [0.29, 0.717) is 38.2 Å². The number of benzene rings is 3. The zero-order chi connectivity index (χ0) is 32.0. The number of likely N-dealkylation sites (tertiary alicyclic amines) is 1. The Morgan fingerprint density at radius 1 is 0.957 bits per heavy atom. The lowest BCUT2D eigenvalue weighted by molar-refractivity contribution is -0.145. The van der Waals surface area contributed by atoms with Crippen LogP contribution < -0.4 is 10.2 Å². The number of hydrogen-bond acceptors (Lipinski definition) is 7. The van der Waals surface area contributed by atoms with Crippen LogP contribution in [0.15, 0.2) is 79.0 Å². The van der Waals surface area contributed by atoms with Gasteiger partial charge in [0.15, 0.2) is 0 Å². The van der Waals surface area contributed by atoms with E-state index < -0.39 is 0 Å². The molecular formula is C36H39N5O5. The van der Waals surface area contributed by atoms with Gasteiger partial charge in [0, 0.05) is 37.7 Å². The first kappa shape index (κ1) is 30.9. The van der Waals surface area contributed by atoms with E-state index in [4.69, 9.17) is 9.47 Å². The molecule has 2 aliphatic heterocycles. The van der Waals surface area contributed by atoms with Gasteiger partial charge in [-0.25, -0.2) is 4.79 Å². The molecule has 0 atom stereocenters. The Kier molecular flexibility index (Phi) is 9.33. The summed E-state index contributed by atoms with van der Waals surface area (Å²) in [5.41, 5.74) is 6.08. The van der Waals surface area contributed by atoms with Gasteiger partial charge in [0.1, 0.15) is 12.4 Å². The third-order valence-electron chi connectivity index (χ3n) is 8.78. The molecule has 0 saturated carbocycles. The maximum atomic E-state index is 13.8. The third-order valence-corrected chi connectivity index (χ3v) is 8.78. The second-order valence-electron chi connectivity index (χ2n) is 12.0. The fourth-order valence-electron chi connectivity index (χ4n) is 6.02. The Hall–Kier alpha value is -5.12. The molecule has 1 saturated heterocycles. The molecule has 3 aromatic carbocycles. The SMILES string of the molecule is Cc1cc(C(=O)N2Cc3cnn(C)c3Nc3ccccc32)ccc1CCC(=O)OCC1CCN(C(=O)OCc2ccccc2)CC1. The monoisotopic (exact) mass is 621 g/mol. The number of rotatable bonds is 8. The number of anilines is 3. The smallest absolute Gasteiger partial charge is 0.410 e. The van der Waals surface area contributed by atoms with Gasteiger partial charge in [-0.05, 0) is 73.1 Å². The number of aromatic nitrogens is 2. The van der Waals surface area contributed by atoms with Crippen LogP contribution in [0.25, 0.3) is 0 Å². The highest BCUT2D eigenvalue weighted by atomic mass is 16.6. The van der Waals surface area contributed by atoms with Gasteiger partial charge in [0.25, 0.3) is 5.91 Å². The van der Waals surface area contributed by atoms with Crippen LogP contribution in [0.5, 0.6) is 0 Å².